The number of aromatic nitrogens is 2. The molecule has 2 aromatic carbocycles. The third-order valence-corrected chi connectivity index (χ3v) is 4.25. The summed E-state index contributed by atoms with van der Waals surface area (Å²) in [7, 11) is 0. The van der Waals surface area contributed by atoms with Crippen molar-refractivity contribution in [2.24, 2.45) is 5.84 Å². The van der Waals surface area contributed by atoms with Gasteiger partial charge in [-0.3, -0.25) is 15.3 Å². The summed E-state index contributed by atoms with van der Waals surface area (Å²) in [5, 5.41) is 7.09. The van der Waals surface area contributed by atoms with E-state index in [0.717, 1.165) is 16.9 Å². The summed E-state index contributed by atoms with van der Waals surface area (Å²) in [5.41, 5.74) is 6.07. The minimum absolute atomic E-state index is 0.352. The number of nitrogen functional groups attached to an aromatic ring is 1. The maximum atomic E-state index is 12.0. The van der Waals surface area contributed by atoms with Crippen molar-refractivity contribution < 1.29 is 9.53 Å². The third kappa shape index (κ3) is 3.60. The lowest BCUT2D eigenvalue weighted by Crippen LogP contribution is -2.31. The first-order valence-corrected chi connectivity index (χ1v) is 8.52. The number of carbonyl (C=O) groups excluding carboxylic acids is 1. The Kier molecular flexibility index (Phi) is 5.34. The fourth-order valence-electron chi connectivity index (χ4n) is 2.89. The predicted octanol–water partition coefficient (Wildman–Crippen LogP) is 3.52. The molecule has 0 saturated heterocycles. The van der Waals surface area contributed by atoms with Crippen LogP contribution in [0.25, 0.3) is 11.1 Å². The normalized spacial score (nSPS) is 11.8. The van der Waals surface area contributed by atoms with Crippen LogP contribution in [0.2, 0.25) is 0 Å². The number of aryl methyl sites for hydroxylation is 1. The number of benzene rings is 2. The van der Waals surface area contributed by atoms with Gasteiger partial charge in [0, 0.05) is 5.69 Å². The zero-order valence-electron chi connectivity index (χ0n) is 14.8. The molecule has 0 aliphatic rings. The number of hydrogen-bond donors (Lipinski definition) is 3. The highest BCUT2D eigenvalue weighted by atomic mass is 16.5. The number of carbonyl (C=O) groups is 1. The van der Waals surface area contributed by atoms with E-state index < -0.39 is 0 Å². The SMILES string of the molecule is CCC(Oc1ccc(-c2ccccc2)cc1)c1n[nH]c(C)c1C(=O)NN. The van der Waals surface area contributed by atoms with Crippen LogP contribution in [-0.2, 0) is 0 Å². The van der Waals surface area contributed by atoms with Crippen LogP contribution in [0, 0.1) is 6.92 Å². The van der Waals surface area contributed by atoms with Gasteiger partial charge in [0.2, 0.25) is 0 Å². The van der Waals surface area contributed by atoms with Crippen molar-refractivity contribution in [3.63, 3.8) is 0 Å². The summed E-state index contributed by atoms with van der Waals surface area (Å²) >= 11 is 0. The molecule has 134 valence electrons. The van der Waals surface area contributed by atoms with Crippen LogP contribution in [0.15, 0.2) is 54.6 Å². The molecule has 1 atom stereocenters. The molecule has 0 spiro atoms. The van der Waals surface area contributed by atoms with E-state index in [1.165, 1.54) is 0 Å². The Morgan fingerprint density at radius 1 is 1.15 bits per heavy atom. The number of ether oxygens (including phenoxy) is 1. The van der Waals surface area contributed by atoms with Gasteiger partial charge in [0.15, 0.2) is 0 Å². The van der Waals surface area contributed by atoms with Crippen LogP contribution in [-0.4, -0.2) is 16.1 Å². The zero-order chi connectivity index (χ0) is 18.5. The fourth-order valence-corrected chi connectivity index (χ4v) is 2.89. The summed E-state index contributed by atoms with van der Waals surface area (Å²) < 4.78 is 6.09. The molecule has 1 amide bonds. The second-order valence-electron chi connectivity index (χ2n) is 5.99. The monoisotopic (exact) mass is 350 g/mol. The van der Waals surface area contributed by atoms with Crippen molar-refractivity contribution in [1.29, 1.82) is 0 Å². The van der Waals surface area contributed by atoms with Crippen LogP contribution < -0.4 is 16.0 Å². The Morgan fingerprint density at radius 2 is 1.81 bits per heavy atom. The molecule has 0 fully saturated rings. The molecule has 6 heteroatoms. The van der Waals surface area contributed by atoms with Gasteiger partial charge in [0.05, 0.1) is 5.56 Å². The zero-order valence-corrected chi connectivity index (χ0v) is 14.8. The Balaban J connectivity index is 1.82. The number of hydrazine groups is 1. The highest BCUT2D eigenvalue weighted by Gasteiger charge is 2.24. The fraction of sp³-hybridized carbons (Fsp3) is 0.200. The molecule has 0 aliphatic carbocycles. The number of hydrogen-bond acceptors (Lipinski definition) is 4. The van der Waals surface area contributed by atoms with Crippen molar-refractivity contribution in [3.05, 3.63) is 71.5 Å². The van der Waals surface area contributed by atoms with Gasteiger partial charge in [0.1, 0.15) is 17.5 Å². The van der Waals surface area contributed by atoms with Crippen molar-refractivity contribution in [3.8, 4) is 16.9 Å². The second kappa shape index (κ2) is 7.84. The van der Waals surface area contributed by atoms with Gasteiger partial charge in [-0.15, -0.1) is 0 Å². The molecule has 4 N–H and O–H groups in total. The van der Waals surface area contributed by atoms with Gasteiger partial charge in [-0.2, -0.15) is 5.10 Å². The number of aromatic amines is 1. The molecule has 1 aromatic heterocycles. The van der Waals surface area contributed by atoms with Crippen LogP contribution in [0.3, 0.4) is 0 Å². The number of nitrogens with two attached hydrogens (primary N) is 1. The standard InChI is InChI=1S/C20H22N4O2/c1-3-17(19-18(20(25)22-21)13(2)23-24-19)26-16-11-9-15(10-12-16)14-7-5-4-6-8-14/h4-12,17H,3,21H2,1-2H3,(H,22,25)(H,23,24). The molecule has 1 heterocycles. The van der Waals surface area contributed by atoms with Crippen LogP contribution in [0.4, 0.5) is 0 Å². The van der Waals surface area contributed by atoms with Crippen molar-refractivity contribution in [1.82, 2.24) is 15.6 Å². The number of nitrogens with zero attached hydrogens (tertiary/aromatic N) is 1. The molecule has 0 saturated carbocycles. The number of rotatable bonds is 6. The van der Waals surface area contributed by atoms with Gasteiger partial charge in [-0.05, 0) is 36.6 Å². The quantitative estimate of drug-likeness (QED) is 0.360. The highest BCUT2D eigenvalue weighted by Crippen LogP contribution is 2.29. The van der Waals surface area contributed by atoms with Crippen molar-refractivity contribution >= 4 is 5.91 Å². The van der Waals surface area contributed by atoms with E-state index in [-0.39, 0.29) is 12.0 Å². The predicted molar refractivity (Wildman–Crippen MR) is 101 cm³/mol. The average Bonchev–Trinajstić information content (AvgIpc) is 3.08. The van der Waals surface area contributed by atoms with E-state index in [1.54, 1.807) is 6.92 Å². The molecule has 3 aromatic rings. The summed E-state index contributed by atoms with van der Waals surface area (Å²) in [6, 6.07) is 18.0. The van der Waals surface area contributed by atoms with Gasteiger partial charge in [-0.1, -0.05) is 49.4 Å². The van der Waals surface area contributed by atoms with E-state index in [1.807, 2.05) is 49.4 Å². The van der Waals surface area contributed by atoms with Gasteiger partial charge in [-0.25, -0.2) is 5.84 Å². The maximum Gasteiger partial charge on any atom is 0.269 e. The van der Waals surface area contributed by atoms with E-state index in [0.29, 0.717) is 23.4 Å². The summed E-state index contributed by atoms with van der Waals surface area (Å²) in [6.45, 7) is 3.76. The average molecular weight is 350 g/mol. The second-order valence-corrected chi connectivity index (χ2v) is 5.99. The summed E-state index contributed by atoms with van der Waals surface area (Å²) in [6.07, 6.45) is 0.310. The van der Waals surface area contributed by atoms with E-state index in [9.17, 15) is 4.79 Å². The molecule has 0 aliphatic heterocycles. The molecule has 1 unspecified atom stereocenters. The van der Waals surface area contributed by atoms with Crippen molar-refractivity contribution in [2.75, 3.05) is 0 Å². The van der Waals surface area contributed by atoms with Crippen LogP contribution in [0.5, 0.6) is 5.75 Å². The van der Waals surface area contributed by atoms with E-state index in [4.69, 9.17) is 10.6 Å². The maximum absolute atomic E-state index is 12.0. The first-order chi connectivity index (χ1) is 12.6. The third-order valence-electron chi connectivity index (χ3n) is 4.25. The van der Waals surface area contributed by atoms with Gasteiger partial charge >= 0.3 is 0 Å². The summed E-state index contributed by atoms with van der Waals surface area (Å²) in [4.78, 5) is 12.0. The number of H-pyrrole nitrogens is 1. The Morgan fingerprint density at radius 3 is 2.42 bits per heavy atom. The van der Waals surface area contributed by atoms with Gasteiger partial charge in [0.25, 0.3) is 5.91 Å². The Hall–Kier alpha value is -3.12. The number of nitrogens with one attached hydrogen (secondary N) is 2. The minimum atomic E-state index is -0.382. The lowest BCUT2D eigenvalue weighted by Gasteiger charge is -2.17. The van der Waals surface area contributed by atoms with E-state index >= 15 is 0 Å². The number of amides is 1. The first kappa shape index (κ1) is 17.7. The molecule has 0 bridgehead atoms. The van der Waals surface area contributed by atoms with Crippen LogP contribution >= 0.6 is 0 Å². The molecule has 0 radical (unpaired) electrons. The lowest BCUT2D eigenvalue weighted by molar-refractivity contribution is 0.0947. The first-order valence-electron chi connectivity index (χ1n) is 8.52. The molecule has 6 nitrogen and oxygen atoms in total. The van der Waals surface area contributed by atoms with Gasteiger partial charge < -0.3 is 4.74 Å². The molecule has 3 rings (SSSR count). The minimum Gasteiger partial charge on any atom is -0.484 e. The lowest BCUT2D eigenvalue weighted by atomic mass is 10.1. The Labute approximate surface area is 152 Å². The highest BCUT2D eigenvalue weighted by molar-refractivity contribution is 5.96. The Bertz CT molecular complexity index is 873. The summed E-state index contributed by atoms with van der Waals surface area (Å²) in [5.74, 6) is 5.62. The largest absolute Gasteiger partial charge is 0.484 e. The van der Waals surface area contributed by atoms with Crippen LogP contribution in [0.1, 0.15) is 41.2 Å². The molecule has 26 heavy (non-hydrogen) atoms. The van der Waals surface area contributed by atoms with E-state index in [2.05, 4.69) is 27.8 Å². The van der Waals surface area contributed by atoms with Crippen molar-refractivity contribution in [2.45, 2.75) is 26.4 Å². The molecular weight excluding hydrogens is 328 g/mol. The smallest absolute Gasteiger partial charge is 0.269 e. The topological polar surface area (TPSA) is 93.0 Å². The molecular formula is C20H22N4O2.